The molecule has 5 nitrogen and oxygen atoms in total. The first-order chi connectivity index (χ1) is 12.1. The molecule has 0 atom stereocenters. The van der Waals surface area contributed by atoms with Crippen LogP contribution in [0.25, 0.3) is 0 Å². The van der Waals surface area contributed by atoms with Crippen molar-refractivity contribution in [2.24, 2.45) is 0 Å². The molecule has 0 aliphatic carbocycles. The van der Waals surface area contributed by atoms with Crippen LogP contribution in [0.15, 0.2) is 42.5 Å². The van der Waals surface area contributed by atoms with Crippen molar-refractivity contribution in [3.63, 3.8) is 0 Å². The van der Waals surface area contributed by atoms with Crippen molar-refractivity contribution in [1.29, 1.82) is 0 Å². The van der Waals surface area contributed by atoms with Gasteiger partial charge in [-0.2, -0.15) is 0 Å². The minimum atomic E-state index is -0.0649. The normalized spacial score (nSPS) is 10.2. The topological polar surface area (TPSA) is 48.0 Å². The van der Waals surface area contributed by atoms with E-state index < -0.39 is 0 Å². The van der Waals surface area contributed by atoms with Crippen molar-refractivity contribution in [1.82, 2.24) is 4.90 Å². The number of hydrogen-bond acceptors (Lipinski definition) is 4. The van der Waals surface area contributed by atoms with Gasteiger partial charge in [-0.3, -0.25) is 4.79 Å². The van der Waals surface area contributed by atoms with Crippen LogP contribution in [-0.2, 0) is 6.54 Å². The van der Waals surface area contributed by atoms with Crippen LogP contribution < -0.4 is 14.2 Å². The standard InChI is InChI=1S/C20H25NO4/c1-5-11-21(14-15-9-7-6-8-10-15)20(22)16-12-17(23-2)19(25-4)18(13-16)24-3/h6-10,12-13H,5,11,14H2,1-4H3. The van der Waals surface area contributed by atoms with Crippen LogP contribution in [0.2, 0.25) is 0 Å². The fourth-order valence-corrected chi connectivity index (χ4v) is 2.71. The van der Waals surface area contributed by atoms with Gasteiger partial charge in [-0.1, -0.05) is 37.3 Å². The van der Waals surface area contributed by atoms with E-state index in [2.05, 4.69) is 6.92 Å². The summed E-state index contributed by atoms with van der Waals surface area (Å²) in [6.45, 7) is 3.29. The molecule has 0 aliphatic heterocycles. The molecule has 134 valence electrons. The van der Waals surface area contributed by atoms with E-state index in [0.29, 0.717) is 35.9 Å². The van der Waals surface area contributed by atoms with Crippen LogP contribution in [0.4, 0.5) is 0 Å². The molecule has 0 saturated carbocycles. The summed E-state index contributed by atoms with van der Waals surface area (Å²) in [5, 5.41) is 0. The molecule has 2 aromatic rings. The molecule has 2 rings (SSSR count). The Bertz CT molecular complexity index is 675. The predicted molar refractivity (Wildman–Crippen MR) is 97.6 cm³/mol. The average Bonchev–Trinajstić information content (AvgIpc) is 2.66. The first-order valence-corrected chi connectivity index (χ1v) is 8.27. The molecule has 0 fully saturated rings. The number of carbonyl (C=O) groups is 1. The van der Waals surface area contributed by atoms with Crippen molar-refractivity contribution in [2.75, 3.05) is 27.9 Å². The number of carbonyl (C=O) groups excluding carboxylic acids is 1. The lowest BCUT2D eigenvalue weighted by Crippen LogP contribution is -2.31. The van der Waals surface area contributed by atoms with E-state index in [4.69, 9.17) is 14.2 Å². The molecule has 0 bridgehead atoms. The first-order valence-electron chi connectivity index (χ1n) is 8.27. The Hall–Kier alpha value is -2.69. The molecule has 25 heavy (non-hydrogen) atoms. The van der Waals surface area contributed by atoms with Crippen LogP contribution in [0.3, 0.4) is 0 Å². The number of ether oxygens (including phenoxy) is 3. The third-order valence-corrected chi connectivity index (χ3v) is 3.91. The monoisotopic (exact) mass is 343 g/mol. The fourth-order valence-electron chi connectivity index (χ4n) is 2.71. The molecule has 0 spiro atoms. The smallest absolute Gasteiger partial charge is 0.254 e. The van der Waals surface area contributed by atoms with Gasteiger partial charge in [-0.05, 0) is 24.1 Å². The highest BCUT2D eigenvalue weighted by Gasteiger charge is 2.21. The molecule has 2 aromatic carbocycles. The van der Waals surface area contributed by atoms with E-state index in [1.54, 1.807) is 33.5 Å². The minimum absolute atomic E-state index is 0.0649. The Labute approximate surface area is 149 Å². The van der Waals surface area contributed by atoms with Gasteiger partial charge < -0.3 is 19.1 Å². The van der Waals surface area contributed by atoms with Gasteiger partial charge in [0.05, 0.1) is 21.3 Å². The number of rotatable bonds is 8. The fraction of sp³-hybridized carbons (Fsp3) is 0.350. The third kappa shape index (κ3) is 4.44. The van der Waals surface area contributed by atoms with Crippen LogP contribution in [-0.4, -0.2) is 38.7 Å². The highest BCUT2D eigenvalue weighted by Crippen LogP contribution is 2.38. The molecule has 1 amide bonds. The zero-order chi connectivity index (χ0) is 18.2. The van der Waals surface area contributed by atoms with Crippen LogP contribution >= 0.6 is 0 Å². The minimum Gasteiger partial charge on any atom is -0.493 e. The summed E-state index contributed by atoms with van der Waals surface area (Å²) in [6, 6.07) is 13.3. The maximum atomic E-state index is 13.0. The van der Waals surface area contributed by atoms with Crippen molar-refractivity contribution >= 4 is 5.91 Å². The number of nitrogens with zero attached hydrogens (tertiary/aromatic N) is 1. The molecule has 0 aliphatic rings. The van der Waals surface area contributed by atoms with Crippen molar-refractivity contribution in [2.45, 2.75) is 19.9 Å². The second-order valence-corrected chi connectivity index (χ2v) is 5.63. The lowest BCUT2D eigenvalue weighted by Gasteiger charge is -2.23. The highest BCUT2D eigenvalue weighted by atomic mass is 16.5. The summed E-state index contributed by atoms with van der Waals surface area (Å²) < 4.78 is 16.0. The zero-order valence-corrected chi connectivity index (χ0v) is 15.2. The molecular formula is C20H25NO4. The SMILES string of the molecule is CCCN(Cc1ccccc1)C(=O)c1cc(OC)c(OC)c(OC)c1. The van der Waals surface area contributed by atoms with Gasteiger partial charge in [0.2, 0.25) is 5.75 Å². The second kappa shape index (κ2) is 8.97. The number of benzene rings is 2. The van der Waals surface area contributed by atoms with Crippen molar-refractivity contribution in [3.8, 4) is 17.2 Å². The van der Waals surface area contributed by atoms with E-state index in [-0.39, 0.29) is 5.91 Å². The van der Waals surface area contributed by atoms with Gasteiger partial charge in [0, 0.05) is 18.7 Å². The van der Waals surface area contributed by atoms with Gasteiger partial charge in [-0.15, -0.1) is 0 Å². The van der Waals surface area contributed by atoms with Gasteiger partial charge in [0.1, 0.15) is 0 Å². The molecule has 0 N–H and O–H groups in total. The molecule has 0 aromatic heterocycles. The molecule has 0 saturated heterocycles. The van der Waals surface area contributed by atoms with Gasteiger partial charge in [0.15, 0.2) is 11.5 Å². The molecule has 0 radical (unpaired) electrons. The highest BCUT2D eigenvalue weighted by molar-refractivity contribution is 5.95. The van der Waals surface area contributed by atoms with Gasteiger partial charge in [0.25, 0.3) is 5.91 Å². The van der Waals surface area contributed by atoms with Crippen LogP contribution in [0, 0.1) is 0 Å². The maximum Gasteiger partial charge on any atom is 0.254 e. The summed E-state index contributed by atoms with van der Waals surface area (Å²) in [5.74, 6) is 1.36. The molecule has 5 heteroatoms. The quantitative estimate of drug-likeness (QED) is 0.732. The largest absolute Gasteiger partial charge is 0.493 e. The summed E-state index contributed by atoms with van der Waals surface area (Å²) in [7, 11) is 4.62. The number of amides is 1. The van der Waals surface area contributed by atoms with Gasteiger partial charge in [-0.25, -0.2) is 0 Å². The zero-order valence-electron chi connectivity index (χ0n) is 15.2. The number of hydrogen-bond donors (Lipinski definition) is 0. The summed E-state index contributed by atoms with van der Waals surface area (Å²) in [6.07, 6.45) is 0.878. The van der Waals surface area contributed by atoms with E-state index in [1.165, 1.54) is 0 Å². The van der Waals surface area contributed by atoms with Crippen LogP contribution in [0.5, 0.6) is 17.2 Å². The summed E-state index contributed by atoms with van der Waals surface area (Å²) in [4.78, 5) is 14.9. The Morgan fingerprint density at radius 1 is 0.960 bits per heavy atom. The van der Waals surface area contributed by atoms with Crippen molar-refractivity contribution in [3.05, 3.63) is 53.6 Å². The number of methoxy groups -OCH3 is 3. The lowest BCUT2D eigenvalue weighted by atomic mass is 10.1. The summed E-state index contributed by atoms with van der Waals surface area (Å²) >= 11 is 0. The van der Waals surface area contributed by atoms with Gasteiger partial charge >= 0.3 is 0 Å². The second-order valence-electron chi connectivity index (χ2n) is 5.63. The van der Waals surface area contributed by atoms with Crippen LogP contribution in [0.1, 0.15) is 29.3 Å². The maximum absolute atomic E-state index is 13.0. The lowest BCUT2D eigenvalue weighted by molar-refractivity contribution is 0.0742. The Morgan fingerprint density at radius 2 is 1.56 bits per heavy atom. The average molecular weight is 343 g/mol. The van der Waals surface area contributed by atoms with E-state index in [9.17, 15) is 4.79 Å². The van der Waals surface area contributed by atoms with Crippen molar-refractivity contribution < 1.29 is 19.0 Å². The molecule has 0 heterocycles. The Balaban J connectivity index is 2.35. The molecule has 0 unspecified atom stereocenters. The predicted octanol–water partition coefficient (Wildman–Crippen LogP) is 3.76. The third-order valence-electron chi connectivity index (χ3n) is 3.91. The van der Waals surface area contributed by atoms with E-state index >= 15 is 0 Å². The van der Waals surface area contributed by atoms with E-state index in [0.717, 1.165) is 12.0 Å². The first kappa shape index (κ1) is 18.6. The summed E-state index contributed by atoms with van der Waals surface area (Å²) in [5.41, 5.74) is 1.61. The Kier molecular flexibility index (Phi) is 6.69. The Morgan fingerprint density at radius 3 is 2.04 bits per heavy atom. The van der Waals surface area contributed by atoms with E-state index in [1.807, 2.05) is 35.2 Å². The molecular weight excluding hydrogens is 318 g/mol.